The normalized spacial score (nSPS) is 12.0. The molecule has 0 fully saturated rings. The predicted molar refractivity (Wildman–Crippen MR) is 193 cm³/mol. The fourth-order valence-corrected chi connectivity index (χ4v) is 8.50. The van der Waals surface area contributed by atoms with Crippen molar-refractivity contribution in [1.82, 2.24) is 9.13 Å². The third-order valence-corrected chi connectivity index (χ3v) is 10.4. The quantitative estimate of drug-likeness (QED) is 0.194. The second-order valence-electron chi connectivity index (χ2n) is 11.8. The molecule has 0 saturated carbocycles. The summed E-state index contributed by atoms with van der Waals surface area (Å²) in [7, 11) is 0. The van der Waals surface area contributed by atoms with E-state index in [1.165, 1.54) is 80.6 Å². The molecule has 0 amide bonds. The van der Waals surface area contributed by atoms with Gasteiger partial charge in [0, 0.05) is 53.0 Å². The minimum Gasteiger partial charge on any atom is -0.309 e. The fourth-order valence-electron chi connectivity index (χ4n) is 7.37. The van der Waals surface area contributed by atoms with Gasteiger partial charge in [-0.25, -0.2) is 0 Å². The molecule has 3 aromatic heterocycles. The molecule has 0 aliphatic heterocycles. The largest absolute Gasteiger partial charge is 0.309 e. The van der Waals surface area contributed by atoms with Crippen LogP contribution < -0.4 is 0 Å². The molecule has 0 spiro atoms. The van der Waals surface area contributed by atoms with Gasteiger partial charge in [0.15, 0.2) is 0 Å². The van der Waals surface area contributed by atoms with Crippen molar-refractivity contribution in [3.63, 3.8) is 0 Å². The van der Waals surface area contributed by atoms with E-state index in [9.17, 15) is 0 Å². The predicted octanol–water partition coefficient (Wildman–Crippen LogP) is 11.9. The summed E-state index contributed by atoms with van der Waals surface area (Å²) in [4.78, 5) is 0. The molecular formula is C42H26N2S. The highest BCUT2D eigenvalue weighted by atomic mass is 32.1. The SMILES string of the molecule is c1cc(-c2ccccc2-n2c3ccccc3c3cc4sc5ccccc5c4cc32)cc(-n2c3ccccc3c3ccccc32)c1. The Morgan fingerprint density at radius 1 is 0.356 bits per heavy atom. The van der Waals surface area contributed by atoms with Gasteiger partial charge in [-0.3, -0.25) is 0 Å². The Labute approximate surface area is 263 Å². The second kappa shape index (κ2) is 9.43. The Balaban J connectivity index is 1.24. The molecule has 3 heteroatoms. The van der Waals surface area contributed by atoms with Crippen LogP contribution in [-0.2, 0) is 0 Å². The van der Waals surface area contributed by atoms with Gasteiger partial charge in [0.2, 0.25) is 0 Å². The Bertz CT molecular complexity index is 2720. The van der Waals surface area contributed by atoms with Gasteiger partial charge >= 0.3 is 0 Å². The summed E-state index contributed by atoms with van der Waals surface area (Å²) in [5.74, 6) is 0. The lowest BCUT2D eigenvalue weighted by molar-refractivity contribution is 1.17. The zero-order chi connectivity index (χ0) is 29.5. The van der Waals surface area contributed by atoms with Crippen molar-refractivity contribution < 1.29 is 0 Å². The highest BCUT2D eigenvalue weighted by Crippen LogP contribution is 2.42. The molecule has 0 atom stereocenters. The number of benzene rings is 7. The van der Waals surface area contributed by atoms with Crippen molar-refractivity contribution in [1.29, 1.82) is 0 Å². The Kier molecular flexibility index (Phi) is 5.19. The van der Waals surface area contributed by atoms with Gasteiger partial charge in [0.05, 0.1) is 27.8 Å². The number of hydrogen-bond acceptors (Lipinski definition) is 1. The van der Waals surface area contributed by atoms with E-state index in [1.54, 1.807) is 0 Å². The molecule has 0 aliphatic rings. The van der Waals surface area contributed by atoms with Crippen LogP contribution in [0.2, 0.25) is 0 Å². The molecule has 0 unspecified atom stereocenters. The van der Waals surface area contributed by atoms with Gasteiger partial charge in [-0.1, -0.05) is 103 Å². The molecule has 45 heavy (non-hydrogen) atoms. The van der Waals surface area contributed by atoms with Crippen LogP contribution in [0, 0.1) is 0 Å². The minimum absolute atomic E-state index is 1.16. The van der Waals surface area contributed by atoms with E-state index in [-0.39, 0.29) is 0 Å². The number of aromatic nitrogens is 2. The van der Waals surface area contributed by atoms with Crippen molar-refractivity contribution in [2.75, 3.05) is 0 Å². The van der Waals surface area contributed by atoms with Crippen molar-refractivity contribution >= 4 is 75.1 Å². The van der Waals surface area contributed by atoms with Crippen LogP contribution in [0.3, 0.4) is 0 Å². The van der Waals surface area contributed by atoms with Crippen LogP contribution in [-0.4, -0.2) is 9.13 Å². The van der Waals surface area contributed by atoms with E-state index in [0.717, 1.165) is 5.69 Å². The van der Waals surface area contributed by atoms with Crippen molar-refractivity contribution in [3.8, 4) is 22.5 Å². The lowest BCUT2D eigenvalue weighted by Gasteiger charge is -2.15. The Morgan fingerprint density at radius 2 is 0.956 bits per heavy atom. The summed E-state index contributed by atoms with van der Waals surface area (Å²) in [5.41, 5.74) is 9.64. The second-order valence-corrected chi connectivity index (χ2v) is 12.8. The summed E-state index contributed by atoms with van der Waals surface area (Å²) < 4.78 is 7.53. The van der Waals surface area contributed by atoms with Crippen LogP contribution in [0.25, 0.3) is 86.3 Å². The number of fused-ring (bicyclic) bond motifs is 9. The summed E-state index contributed by atoms with van der Waals surface area (Å²) in [5, 5.41) is 7.76. The first kappa shape index (κ1) is 24.8. The van der Waals surface area contributed by atoms with Crippen molar-refractivity contribution in [3.05, 3.63) is 158 Å². The highest BCUT2D eigenvalue weighted by molar-refractivity contribution is 7.25. The Hall–Kier alpha value is -5.64. The lowest BCUT2D eigenvalue weighted by atomic mass is 10.0. The summed E-state index contributed by atoms with van der Waals surface area (Å²) in [6.07, 6.45) is 0. The van der Waals surface area contributed by atoms with Crippen LogP contribution >= 0.6 is 11.3 Å². The molecule has 10 rings (SSSR count). The van der Waals surface area contributed by atoms with E-state index in [0.29, 0.717) is 0 Å². The third-order valence-electron chi connectivity index (χ3n) is 9.31. The molecule has 7 aromatic carbocycles. The van der Waals surface area contributed by atoms with Gasteiger partial charge in [-0.05, 0) is 60.2 Å². The number of hydrogen-bond donors (Lipinski definition) is 0. The number of thiophene rings is 1. The Morgan fingerprint density at radius 3 is 1.71 bits per heavy atom. The monoisotopic (exact) mass is 590 g/mol. The molecule has 10 aromatic rings. The molecule has 3 heterocycles. The summed E-state index contributed by atoms with van der Waals surface area (Å²) in [6, 6.07) is 57.7. The van der Waals surface area contributed by atoms with Crippen LogP contribution in [0.5, 0.6) is 0 Å². The maximum atomic E-state index is 2.47. The van der Waals surface area contributed by atoms with E-state index in [1.807, 2.05) is 11.3 Å². The zero-order valence-corrected chi connectivity index (χ0v) is 25.1. The fraction of sp³-hybridized carbons (Fsp3) is 0. The van der Waals surface area contributed by atoms with Crippen molar-refractivity contribution in [2.45, 2.75) is 0 Å². The molecule has 0 aliphatic carbocycles. The highest BCUT2D eigenvalue weighted by Gasteiger charge is 2.18. The third kappa shape index (κ3) is 3.56. The van der Waals surface area contributed by atoms with Gasteiger partial charge in [-0.2, -0.15) is 0 Å². The van der Waals surface area contributed by atoms with E-state index in [4.69, 9.17) is 0 Å². The van der Waals surface area contributed by atoms with Crippen LogP contribution in [0.1, 0.15) is 0 Å². The molecule has 210 valence electrons. The van der Waals surface area contributed by atoms with Gasteiger partial charge in [0.25, 0.3) is 0 Å². The number of rotatable bonds is 3. The first-order valence-corrected chi connectivity index (χ1v) is 16.2. The molecule has 0 radical (unpaired) electrons. The molecule has 0 N–H and O–H groups in total. The molecule has 0 bridgehead atoms. The minimum atomic E-state index is 1.16. The van der Waals surface area contributed by atoms with Gasteiger partial charge in [0.1, 0.15) is 0 Å². The maximum Gasteiger partial charge on any atom is 0.0548 e. The topological polar surface area (TPSA) is 9.86 Å². The summed E-state index contributed by atoms with van der Waals surface area (Å²) in [6.45, 7) is 0. The standard InChI is InChI=1S/C42H26N2S/c1-6-19-36(44-39-22-9-4-17-32(39)34-26-42-35(25-40(34)44)33-18-5-10-23-41(33)45-42)29(14-1)27-12-11-13-28(24-27)43-37-20-7-2-15-30(37)31-16-3-8-21-38(31)43/h1-26H. The van der Waals surface area contributed by atoms with Crippen molar-refractivity contribution in [2.24, 2.45) is 0 Å². The maximum absolute atomic E-state index is 2.47. The molecule has 2 nitrogen and oxygen atoms in total. The molecular weight excluding hydrogens is 565 g/mol. The first-order chi connectivity index (χ1) is 22.3. The van der Waals surface area contributed by atoms with Gasteiger partial charge in [-0.15, -0.1) is 11.3 Å². The average molecular weight is 591 g/mol. The van der Waals surface area contributed by atoms with Crippen LogP contribution in [0.15, 0.2) is 158 Å². The van der Waals surface area contributed by atoms with E-state index in [2.05, 4.69) is 167 Å². The van der Waals surface area contributed by atoms with Gasteiger partial charge < -0.3 is 9.13 Å². The average Bonchev–Trinajstić information content (AvgIpc) is 3.74. The van der Waals surface area contributed by atoms with E-state index >= 15 is 0 Å². The zero-order valence-electron chi connectivity index (χ0n) is 24.3. The first-order valence-electron chi connectivity index (χ1n) is 15.4. The van der Waals surface area contributed by atoms with E-state index < -0.39 is 0 Å². The number of para-hydroxylation sites is 4. The summed E-state index contributed by atoms with van der Waals surface area (Å²) >= 11 is 1.88. The lowest BCUT2D eigenvalue weighted by Crippen LogP contribution is -1.98. The van der Waals surface area contributed by atoms with Crippen LogP contribution in [0.4, 0.5) is 0 Å². The number of nitrogens with zero attached hydrogens (tertiary/aromatic N) is 2. The molecule has 0 saturated heterocycles. The smallest absolute Gasteiger partial charge is 0.0548 e.